The van der Waals surface area contributed by atoms with Crippen LogP contribution in [0.1, 0.15) is 31.4 Å². The van der Waals surface area contributed by atoms with Crippen molar-refractivity contribution in [2.24, 2.45) is 11.7 Å². The number of fused-ring (bicyclic) bond motifs is 1. The number of aromatic amines is 1. The molecule has 0 radical (unpaired) electrons. The number of hydrogen-bond donors (Lipinski definition) is 2. The van der Waals surface area contributed by atoms with Crippen LogP contribution in [0.3, 0.4) is 0 Å². The second-order valence-corrected chi connectivity index (χ2v) is 5.74. The van der Waals surface area contributed by atoms with E-state index in [-0.39, 0.29) is 6.04 Å². The fraction of sp³-hybridized carbons (Fsp3) is 0.400. The first-order valence-corrected chi connectivity index (χ1v) is 7.09. The molecule has 2 amide bonds. The van der Waals surface area contributed by atoms with Crippen LogP contribution in [0.15, 0.2) is 24.4 Å². The van der Waals surface area contributed by atoms with Gasteiger partial charge in [-0.1, -0.05) is 13.0 Å². The number of H-pyrrole nitrogens is 1. The van der Waals surface area contributed by atoms with Gasteiger partial charge >= 0.3 is 11.8 Å². The second-order valence-electron chi connectivity index (χ2n) is 5.74. The van der Waals surface area contributed by atoms with Gasteiger partial charge in [0, 0.05) is 11.9 Å². The predicted molar refractivity (Wildman–Crippen MR) is 78.1 cm³/mol. The van der Waals surface area contributed by atoms with Crippen molar-refractivity contribution in [3.05, 3.63) is 30.0 Å². The molecule has 0 aliphatic carbocycles. The third kappa shape index (κ3) is 2.49. The van der Waals surface area contributed by atoms with Crippen LogP contribution in [0, 0.1) is 5.92 Å². The summed E-state index contributed by atoms with van der Waals surface area (Å²) in [5, 5.41) is 7.90. The van der Waals surface area contributed by atoms with Gasteiger partial charge < -0.3 is 10.6 Å². The van der Waals surface area contributed by atoms with Gasteiger partial charge in [0.2, 0.25) is 0 Å². The Bertz CT molecular complexity index is 694. The Morgan fingerprint density at radius 2 is 2.19 bits per heavy atom. The number of amides is 2. The van der Waals surface area contributed by atoms with E-state index in [1.165, 1.54) is 0 Å². The van der Waals surface area contributed by atoms with Crippen LogP contribution in [0.2, 0.25) is 0 Å². The van der Waals surface area contributed by atoms with Crippen LogP contribution in [0.25, 0.3) is 10.9 Å². The van der Waals surface area contributed by atoms with Gasteiger partial charge in [-0.2, -0.15) is 5.10 Å². The molecule has 2 atom stereocenters. The van der Waals surface area contributed by atoms with Gasteiger partial charge in [0.1, 0.15) is 0 Å². The summed E-state index contributed by atoms with van der Waals surface area (Å²) in [7, 11) is 0. The average molecular weight is 286 g/mol. The molecule has 3 N–H and O–H groups in total. The number of piperidine rings is 1. The van der Waals surface area contributed by atoms with Crippen molar-refractivity contribution in [1.29, 1.82) is 0 Å². The SMILES string of the molecule is C[C@H]1CC[C@H](c2ccc3[nH]ncc3c2)N(C(=O)C(N)=O)C1. The highest BCUT2D eigenvalue weighted by Crippen LogP contribution is 2.34. The maximum absolute atomic E-state index is 12.1. The van der Waals surface area contributed by atoms with Crippen molar-refractivity contribution < 1.29 is 9.59 Å². The number of hydrogen-bond acceptors (Lipinski definition) is 3. The lowest BCUT2D eigenvalue weighted by molar-refractivity contribution is -0.147. The molecule has 110 valence electrons. The monoisotopic (exact) mass is 286 g/mol. The van der Waals surface area contributed by atoms with Gasteiger partial charge in [0.15, 0.2) is 0 Å². The molecule has 0 bridgehead atoms. The molecular formula is C15H18N4O2. The first-order valence-electron chi connectivity index (χ1n) is 7.09. The van der Waals surface area contributed by atoms with Crippen molar-refractivity contribution in [2.75, 3.05) is 6.54 Å². The van der Waals surface area contributed by atoms with E-state index < -0.39 is 11.8 Å². The molecule has 6 heteroatoms. The number of carbonyl (C=O) groups excluding carboxylic acids is 2. The quantitative estimate of drug-likeness (QED) is 0.775. The molecule has 1 saturated heterocycles. The summed E-state index contributed by atoms with van der Waals surface area (Å²) in [4.78, 5) is 25.0. The van der Waals surface area contributed by atoms with E-state index in [0.29, 0.717) is 12.5 Å². The van der Waals surface area contributed by atoms with E-state index in [1.54, 1.807) is 11.1 Å². The van der Waals surface area contributed by atoms with E-state index in [9.17, 15) is 9.59 Å². The van der Waals surface area contributed by atoms with E-state index in [4.69, 9.17) is 5.73 Å². The fourth-order valence-electron chi connectivity index (χ4n) is 3.03. The topological polar surface area (TPSA) is 92.1 Å². The molecule has 1 aromatic heterocycles. The third-order valence-corrected chi connectivity index (χ3v) is 4.14. The molecule has 21 heavy (non-hydrogen) atoms. The molecular weight excluding hydrogens is 268 g/mol. The lowest BCUT2D eigenvalue weighted by atomic mass is 9.89. The van der Waals surface area contributed by atoms with Crippen LogP contribution >= 0.6 is 0 Å². The van der Waals surface area contributed by atoms with E-state index in [1.807, 2.05) is 18.2 Å². The third-order valence-electron chi connectivity index (χ3n) is 4.14. The molecule has 0 saturated carbocycles. The van der Waals surface area contributed by atoms with Crippen molar-refractivity contribution in [1.82, 2.24) is 15.1 Å². The maximum atomic E-state index is 12.1. The number of likely N-dealkylation sites (tertiary alicyclic amines) is 1. The number of nitrogens with zero attached hydrogens (tertiary/aromatic N) is 2. The smallest absolute Gasteiger partial charge is 0.312 e. The number of rotatable bonds is 1. The van der Waals surface area contributed by atoms with Gasteiger partial charge in [0.05, 0.1) is 17.8 Å². The molecule has 1 aliphatic heterocycles. The highest BCUT2D eigenvalue weighted by atomic mass is 16.2. The standard InChI is InChI=1S/C15H18N4O2/c1-9-2-5-13(19(8-9)15(21)14(16)20)10-3-4-12-11(6-10)7-17-18-12/h3-4,6-7,9,13H,2,5,8H2,1H3,(H2,16,20)(H,17,18)/t9-,13+/m0/s1. The number of nitrogens with two attached hydrogens (primary N) is 1. The van der Waals surface area contributed by atoms with Crippen molar-refractivity contribution in [3.63, 3.8) is 0 Å². The highest BCUT2D eigenvalue weighted by molar-refractivity contribution is 6.34. The van der Waals surface area contributed by atoms with Crippen LogP contribution in [0.5, 0.6) is 0 Å². The van der Waals surface area contributed by atoms with E-state index in [2.05, 4.69) is 17.1 Å². The highest BCUT2D eigenvalue weighted by Gasteiger charge is 2.33. The Morgan fingerprint density at radius 1 is 1.38 bits per heavy atom. The fourth-order valence-corrected chi connectivity index (χ4v) is 3.03. The molecule has 1 aliphatic rings. The summed E-state index contributed by atoms with van der Waals surface area (Å²) in [5.41, 5.74) is 7.15. The van der Waals surface area contributed by atoms with Crippen LogP contribution < -0.4 is 5.73 Å². The van der Waals surface area contributed by atoms with Crippen molar-refractivity contribution in [3.8, 4) is 0 Å². The molecule has 6 nitrogen and oxygen atoms in total. The normalized spacial score (nSPS) is 22.4. The van der Waals surface area contributed by atoms with Gasteiger partial charge in [-0.15, -0.1) is 0 Å². The first kappa shape index (κ1) is 13.6. The summed E-state index contributed by atoms with van der Waals surface area (Å²) < 4.78 is 0. The summed E-state index contributed by atoms with van der Waals surface area (Å²) in [6.45, 7) is 2.65. The molecule has 0 unspecified atom stereocenters. The second kappa shape index (κ2) is 5.20. The lowest BCUT2D eigenvalue weighted by Crippen LogP contribution is -2.46. The Kier molecular flexibility index (Phi) is 3.37. The number of benzene rings is 1. The number of nitrogens with one attached hydrogen (secondary N) is 1. The zero-order valence-corrected chi connectivity index (χ0v) is 11.9. The predicted octanol–water partition coefficient (Wildman–Crippen LogP) is 1.35. The minimum atomic E-state index is -0.890. The zero-order valence-electron chi connectivity index (χ0n) is 11.9. The summed E-state index contributed by atoms with van der Waals surface area (Å²) in [6.07, 6.45) is 3.62. The van der Waals surface area contributed by atoms with E-state index >= 15 is 0 Å². The Labute approximate surface area is 122 Å². The first-order chi connectivity index (χ1) is 10.1. The van der Waals surface area contributed by atoms with Crippen LogP contribution in [0.4, 0.5) is 0 Å². The molecule has 2 aromatic rings. The minimum Gasteiger partial charge on any atom is -0.361 e. The zero-order chi connectivity index (χ0) is 15.0. The number of primary amides is 1. The Balaban J connectivity index is 1.96. The molecule has 1 aromatic carbocycles. The van der Waals surface area contributed by atoms with E-state index in [0.717, 1.165) is 29.3 Å². The molecule has 3 rings (SSSR count). The minimum absolute atomic E-state index is 0.0968. The molecule has 0 spiro atoms. The molecule has 1 fully saturated rings. The van der Waals surface area contributed by atoms with Gasteiger partial charge in [0.25, 0.3) is 0 Å². The van der Waals surface area contributed by atoms with Crippen molar-refractivity contribution in [2.45, 2.75) is 25.8 Å². The van der Waals surface area contributed by atoms with Gasteiger partial charge in [-0.25, -0.2) is 0 Å². The Morgan fingerprint density at radius 3 is 2.95 bits per heavy atom. The lowest BCUT2D eigenvalue weighted by Gasteiger charge is -2.38. The summed E-state index contributed by atoms with van der Waals surface area (Å²) >= 11 is 0. The number of aromatic nitrogens is 2. The van der Waals surface area contributed by atoms with Crippen molar-refractivity contribution >= 4 is 22.7 Å². The maximum Gasteiger partial charge on any atom is 0.312 e. The van der Waals surface area contributed by atoms with Gasteiger partial charge in [-0.3, -0.25) is 14.7 Å². The largest absolute Gasteiger partial charge is 0.361 e. The summed E-state index contributed by atoms with van der Waals surface area (Å²) in [5.74, 6) is -1.11. The van der Waals surface area contributed by atoms with Crippen LogP contribution in [-0.4, -0.2) is 33.5 Å². The average Bonchev–Trinajstić information content (AvgIpc) is 2.93. The number of carbonyl (C=O) groups is 2. The molecule has 2 heterocycles. The van der Waals surface area contributed by atoms with Gasteiger partial charge in [-0.05, 0) is 36.5 Å². The Hall–Kier alpha value is -2.37. The van der Waals surface area contributed by atoms with Crippen LogP contribution in [-0.2, 0) is 9.59 Å². The summed E-state index contributed by atoms with van der Waals surface area (Å²) in [6, 6.07) is 5.84.